The molecule has 0 heterocycles. The van der Waals surface area contributed by atoms with Crippen LogP contribution in [0, 0.1) is 5.41 Å². The van der Waals surface area contributed by atoms with Crippen molar-refractivity contribution in [1.29, 1.82) is 5.41 Å². The maximum Gasteiger partial charge on any atom is 0.130 e. The summed E-state index contributed by atoms with van der Waals surface area (Å²) in [5.74, 6) is 6.04. The Morgan fingerprint density at radius 1 is 1.50 bits per heavy atom. The second-order valence-corrected chi connectivity index (χ2v) is 3.69. The van der Waals surface area contributed by atoms with Gasteiger partial charge in [0.15, 0.2) is 0 Å². The highest BCUT2D eigenvalue weighted by molar-refractivity contribution is 6.06. The first-order valence-corrected chi connectivity index (χ1v) is 5.61. The molecule has 0 aromatic carbocycles. The molecule has 0 bridgehead atoms. The van der Waals surface area contributed by atoms with Gasteiger partial charge in [0.1, 0.15) is 11.6 Å². The lowest BCUT2D eigenvalue weighted by molar-refractivity contribution is 0.195. The maximum atomic E-state index is 7.86. The Labute approximate surface area is 108 Å². The zero-order valence-electron chi connectivity index (χ0n) is 11.2. The van der Waals surface area contributed by atoms with Gasteiger partial charge in [-0.15, -0.1) is 0 Å². The normalized spacial score (nSPS) is 12.8. The molecule has 0 saturated carbocycles. The van der Waals surface area contributed by atoms with Crippen LogP contribution in [-0.2, 0) is 9.57 Å². The molecule has 0 unspecified atom stereocenters. The topological polar surface area (TPSA) is 92.7 Å². The van der Waals surface area contributed by atoms with E-state index in [1.165, 1.54) is 6.08 Å². The van der Waals surface area contributed by atoms with Gasteiger partial charge in [0, 0.05) is 31.9 Å². The molecule has 0 radical (unpaired) electrons. The van der Waals surface area contributed by atoms with Crippen LogP contribution in [0.2, 0.25) is 0 Å². The first-order valence-electron chi connectivity index (χ1n) is 5.61. The number of hydrogen-bond donors (Lipinski definition) is 3. The van der Waals surface area contributed by atoms with Gasteiger partial charge in [-0.2, -0.15) is 5.90 Å². The molecule has 0 fully saturated rings. The Morgan fingerprint density at radius 2 is 2.17 bits per heavy atom. The summed E-state index contributed by atoms with van der Waals surface area (Å²) in [4.78, 5) is 8.39. The quantitative estimate of drug-likeness (QED) is 0.251. The van der Waals surface area contributed by atoms with Gasteiger partial charge in [0.2, 0.25) is 0 Å². The van der Waals surface area contributed by atoms with E-state index in [9.17, 15) is 0 Å². The van der Waals surface area contributed by atoms with Crippen LogP contribution in [0.1, 0.15) is 20.3 Å². The lowest BCUT2D eigenvalue weighted by Crippen LogP contribution is -2.18. The molecule has 0 atom stereocenters. The lowest BCUT2D eigenvalue weighted by atomic mass is 10.1. The molecule has 0 aliphatic heterocycles. The van der Waals surface area contributed by atoms with E-state index in [0.717, 1.165) is 6.42 Å². The largest absolute Gasteiger partial charge is 0.416 e. The summed E-state index contributed by atoms with van der Waals surface area (Å²) in [7, 11) is 1.66. The van der Waals surface area contributed by atoms with E-state index in [0.29, 0.717) is 30.3 Å². The van der Waals surface area contributed by atoms with Crippen LogP contribution < -0.4 is 11.2 Å². The maximum absolute atomic E-state index is 7.86. The van der Waals surface area contributed by atoms with Crippen molar-refractivity contribution < 1.29 is 9.57 Å². The highest BCUT2D eigenvalue weighted by Crippen LogP contribution is 2.06. The van der Waals surface area contributed by atoms with Crippen LogP contribution in [0.15, 0.2) is 28.2 Å². The molecular formula is C12H22N4O2. The summed E-state index contributed by atoms with van der Waals surface area (Å²) < 4.78 is 4.95. The fourth-order valence-electron chi connectivity index (χ4n) is 1.20. The summed E-state index contributed by atoms with van der Waals surface area (Å²) >= 11 is 0. The van der Waals surface area contributed by atoms with Gasteiger partial charge >= 0.3 is 0 Å². The van der Waals surface area contributed by atoms with E-state index < -0.39 is 0 Å². The fourth-order valence-corrected chi connectivity index (χ4v) is 1.20. The molecule has 0 aliphatic carbocycles. The van der Waals surface area contributed by atoms with Gasteiger partial charge in [0.05, 0.1) is 5.71 Å². The Hall–Kier alpha value is -1.66. The molecule has 6 nitrogen and oxygen atoms in total. The van der Waals surface area contributed by atoms with E-state index in [4.69, 9.17) is 16.0 Å². The summed E-state index contributed by atoms with van der Waals surface area (Å²) in [6, 6.07) is 0. The average molecular weight is 254 g/mol. The molecule has 0 saturated heterocycles. The number of nitrogens with two attached hydrogens (primary N) is 1. The van der Waals surface area contributed by atoms with Crippen LogP contribution >= 0.6 is 0 Å². The predicted octanol–water partition coefficient (Wildman–Crippen LogP) is 1.36. The number of aliphatic imine (C=N–C) groups is 1. The van der Waals surface area contributed by atoms with Gasteiger partial charge in [-0.3, -0.25) is 0 Å². The Balaban J connectivity index is 4.61. The molecule has 0 aromatic rings. The minimum Gasteiger partial charge on any atom is -0.416 e. The second-order valence-electron chi connectivity index (χ2n) is 3.69. The van der Waals surface area contributed by atoms with Crippen molar-refractivity contribution in [3.05, 3.63) is 23.2 Å². The smallest absolute Gasteiger partial charge is 0.130 e. The van der Waals surface area contributed by atoms with Gasteiger partial charge in [0.25, 0.3) is 0 Å². The van der Waals surface area contributed by atoms with Gasteiger partial charge in [-0.1, -0.05) is 0 Å². The number of allylic oxidation sites excluding steroid dienone is 3. The van der Waals surface area contributed by atoms with E-state index in [-0.39, 0.29) is 5.71 Å². The number of nitrogens with one attached hydrogen (secondary N) is 2. The number of hydrogen-bond acceptors (Lipinski definition) is 6. The summed E-state index contributed by atoms with van der Waals surface area (Å²) in [5.41, 5.74) is 0.957. The third kappa shape index (κ3) is 6.17. The van der Waals surface area contributed by atoms with E-state index in [1.807, 2.05) is 0 Å². The average Bonchev–Trinajstić information content (AvgIpc) is 2.38. The first-order chi connectivity index (χ1) is 8.56. The summed E-state index contributed by atoms with van der Waals surface area (Å²) in [6.45, 7) is 8.34. The van der Waals surface area contributed by atoms with E-state index >= 15 is 0 Å². The van der Waals surface area contributed by atoms with Crippen molar-refractivity contribution in [3.63, 3.8) is 0 Å². The number of nitrogens with zero attached hydrogens (tertiary/aromatic N) is 1. The van der Waals surface area contributed by atoms with Gasteiger partial charge in [-0.05, 0) is 27.0 Å². The van der Waals surface area contributed by atoms with Gasteiger partial charge < -0.3 is 20.3 Å². The van der Waals surface area contributed by atoms with Crippen LogP contribution in [0.5, 0.6) is 0 Å². The van der Waals surface area contributed by atoms with Crippen LogP contribution in [0.3, 0.4) is 0 Å². The fraction of sp³-hybridized carbons (Fsp3) is 0.500. The number of methoxy groups -OCH3 is 1. The Bertz CT molecular complexity index is 348. The molecule has 0 amide bonds. The molecular weight excluding hydrogens is 232 g/mol. The zero-order valence-corrected chi connectivity index (χ0v) is 11.2. The van der Waals surface area contributed by atoms with Crippen molar-refractivity contribution in [2.24, 2.45) is 10.9 Å². The van der Waals surface area contributed by atoms with Crippen molar-refractivity contribution in [1.82, 2.24) is 5.32 Å². The third-order valence-corrected chi connectivity index (χ3v) is 2.27. The minimum atomic E-state index is 0.277. The number of ether oxygens (including phenoxy) is 1. The molecule has 0 aromatic heterocycles. The number of rotatable bonds is 9. The lowest BCUT2D eigenvalue weighted by Gasteiger charge is -2.10. The SMILES string of the molecule is C=N/C(NCCCOC)=C(/C)C(=N)/C=C(\C)ON. The first kappa shape index (κ1) is 16.3. The standard InChI is InChI=1S/C12H22N4O2/c1-9(18-14)8-11(13)10(2)12(15-3)16-6-5-7-17-4/h8,13,16H,3,5-7,14H2,1-2,4H3/b9-8+,12-10+,13-11?. The second kappa shape index (κ2) is 9.38. The monoisotopic (exact) mass is 254 g/mol. The van der Waals surface area contributed by atoms with E-state index in [1.54, 1.807) is 21.0 Å². The van der Waals surface area contributed by atoms with Crippen molar-refractivity contribution in [3.8, 4) is 0 Å². The molecule has 18 heavy (non-hydrogen) atoms. The highest BCUT2D eigenvalue weighted by atomic mass is 16.6. The van der Waals surface area contributed by atoms with Crippen LogP contribution in [0.4, 0.5) is 0 Å². The van der Waals surface area contributed by atoms with Crippen LogP contribution in [0.25, 0.3) is 0 Å². The van der Waals surface area contributed by atoms with E-state index in [2.05, 4.69) is 21.9 Å². The highest BCUT2D eigenvalue weighted by Gasteiger charge is 2.05. The molecule has 0 spiro atoms. The van der Waals surface area contributed by atoms with Crippen LogP contribution in [-0.4, -0.2) is 32.7 Å². The molecule has 6 heteroatoms. The molecule has 0 rings (SSSR count). The van der Waals surface area contributed by atoms with Crippen molar-refractivity contribution >= 4 is 12.4 Å². The third-order valence-electron chi connectivity index (χ3n) is 2.27. The summed E-state index contributed by atoms with van der Waals surface area (Å²) in [6.07, 6.45) is 2.38. The van der Waals surface area contributed by atoms with Crippen molar-refractivity contribution in [2.75, 3.05) is 20.3 Å². The molecule has 0 aliphatic rings. The summed E-state index contributed by atoms with van der Waals surface area (Å²) in [5, 5.41) is 11.0. The van der Waals surface area contributed by atoms with Crippen molar-refractivity contribution in [2.45, 2.75) is 20.3 Å². The minimum absolute atomic E-state index is 0.277. The Morgan fingerprint density at radius 3 is 2.67 bits per heavy atom. The predicted molar refractivity (Wildman–Crippen MR) is 73.5 cm³/mol. The molecule has 4 N–H and O–H groups in total. The molecule has 102 valence electrons. The zero-order chi connectivity index (χ0) is 14.0. The van der Waals surface area contributed by atoms with Gasteiger partial charge in [-0.25, -0.2) is 4.99 Å². The Kier molecular flexibility index (Phi) is 8.51.